The third kappa shape index (κ3) is 0.920. The van der Waals surface area contributed by atoms with Crippen LogP contribution in [0.2, 0.25) is 0 Å². The number of aliphatic hydroxyl groups excluding tert-OH is 1. The van der Waals surface area contributed by atoms with Gasteiger partial charge in [-0.1, -0.05) is 6.08 Å². The van der Waals surface area contributed by atoms with Crippen molar-refractivity contribution in [2.24, 2.45) is 5.41 Å². The predicted octanol–water partition coefficient (Wildman–Crippen LogP) is 1.33. The van der Waals surface area contributed by atoms with Crippen LogP contribution in [0.1, 0.15) is 19.3 Å². The summed E-state index contributed by atoms with van der Waals surface area (Å²) in [7, 11) is 0. The SMILES string of the molecule is C=CC1(CCO)CC1. The Labute approximate surface area is 50.0 Å². The van der Waals surface area contributed by atoms with Gasteiger partial charge in [-0.15, -0.1) is 6.58 Å². The number of aliphatic hydroxyl groups is 1. The van der Waals surface area contributed by atoms with E-state index in [-0.39, 0.29) is 0 Å². The van der Waals surface area contributed by atoms with Gasteiger partial charge in [0, 0.05) is 6.61 Å². The zero-order valence-electron chi connectivity index (χ0n) is 5.06. The molecule has 1 nitrogen and oxygen atoms in total. The van der Waals surface area contributed by atoms with E-state index >= 15 is 0 Å². The topological polar surface area (TPSA) is 20.2 Å². The summed E-state index contributed by atoms with van der Waals surface area (Å²) in [5.74, 6) is 0. The minimum atomic E-state index is 0.312. The molecule has 0 atom stereocenters. The third-order valence-corrected chi connectivity index (χ3v) is 1.93. The Bertz CT molecular complexity index is 92.6. The highest BCUT2D eigenvalue weighted by molar-refractivity contribution is 5.05. The van der Waals surface area contributed by atoms with Crippen LogP contribution in [0.4, 0.5) is 0 Å². The molecule has 0 aromatic rings. The molecule has 1 aliphatic rings. The Morgan fingerprint density at radius 2 is 2.25 bits per heavy atom. The van der Waals surface area contributed by atoms with Crippen molar-refractivity contribution in [2.75, 3.05) is 6.61 Å². The van der Waals surface area contributed by atoms with Gasteiger partial charge in [-0.3, -0.25) is 0 Å². The summed E-state index contributed by atoms with van der Waals surface area (Å²) in [4.78, 5) is 0. The van der Waals surface area contributed by atoms with Crippen LogP contribution in [0, 0.1) is 5.41 Å². The van der Waals surface area contributed by atoms with Gasteiger partial charge in [0.1, 0.15) is 0 Å². The van der Waals surface area contributed by atoms with E-state index in [0.717, 1.165) is 6.42 Å². The molecule has 1 heteroatoms. The molecular weight excluding hydrogens is 100 g/mol. The lowest BCUT2D eigenvalue weighted by Crippen LogP contribution is -1.97. The van der Waals surface area contributed by atoms with Crippen LogP contribution < -0.4 is 0 Å². The van der Waals surface area contributed by atoms with Crippen molar-refractivity contribution in [1.82, 2.24) is 0 Å². The van der Waals surface area contributed by atoms with E-state index < -0.39 is 0 Å². The van der Waals surface area contributed by atoms with E-state index in [9.17, 15) is 0 Å². The van der Waals surface area contributed by atoms with E-state index in [2.05, 4.69) is 6.58 Å². The number of hydrogen-bond donors (Lipinski definition) is 1. The van der Waals surface area contributed by atoms with Crippen molar-refractivity contribution >= 4 is 0 Å². The van der Waals surface area contributed by atoms with Crippen molar-refractivity contribution in [3.63, 3.8) is 0 Å². The predicted molar refractivity (Wildman–Crippen MR) is 33.6 cm³/mol. The monoisotopic (exact) mass is 112 g/mol. The highest BCUT2D eigenvalue weighted by atomic mass is 16.3. The summed E-state index contributed by atoms with van der Waals surface area (Å²) >= 11 is 0. The molecule has 8 heavy (non-hydrogen) atoms. The average Bonchev–Trinajstić information content (AvgIpc) is 2.50. The summed E-state index contributed by atoms with van der Waals surface area (Å²) in [6.45, 7) is 4.01. The van der Waals surface area contributed by atoms with E-state index in [0.29, 0.717) is 12.0 Å². The summed E-state index contributed by atoms with van der Waals surface area (Å²) in [5.41, 5.74) is 0.356. The lowest BCUT2D eigenvalue weighted by molar-refractivity contribution is 0.265. The minimum Gasteiger partial charge on any atom is -0.396 e. The zero-order chi connectivity index (χ0) is 6.04. The second-order valence-corrected chi connectivity index (χ2v) is 2.54. The largest absolute Gasteiger partial charge is 0.396 e. The summed E-state index contributed by atoms with van der Waals surface area (Å²) < 4.78 is 0. The van der Waals surface area contributed by atoms with Gasteiger partial charge in [0.05, 0.1) is 0 Å². The summed E-state index contributed by atoms with van der Waals surface area (Å²) in [6, 6.07) is 0. The first-order valence-corrected chi connectivity index (χ1v) is 3.07. The second-order valence-electron chi connectivity index (χ2n) is 2.54. The summed E-state index contributed by atoms with van der Waals surface area (Å²) in [5, 5.41) is 8.53. The number of allylic oxidation sites excluding steroid dienone is 1. The van der Waals surface area contributed by atoms with E-state index in [4.69, 9.17) is 5.11 Å². The van der Waals surface area contributed by atoms with Crippen molar-refractivity contribution in [3.8, 4) is 0 Å². The lowest BCUT2D eigenvalue weighted by atomic mass is 10.0. The molecule has 0 saturated heterocycles. The molecule has 1 fully saturated rings. The van der Waals surface area contributed by atoms with Gasteiger partial charge in [-0.25, -0.2) is 0 Å². The van der Waals surface area contributed by atoms with Gasteiger partial charge in [0.25, 0.3) is 0 Å². The first-order valence-electron chi connectivity index (χ1n) is 3.07. The Morgan fingerprint density at radius 3 is 2.38 bits per heavy atom. The molecular formula is C7H12O. The van der Waals surface area contributed by atoms with Crippen molar-refractivity contribution in [1.29, 1.82) is 0 Å². The van der Waals surface area contributed by atoms with Gasteiger partial charge < -0.3 is 5.11 Å². The fourth-order valence-corrected chi connectivity index (χ4v) is 0.939. The zero-order valence-corrected chi connectivity index (χ0v) is 5.06. The Balaban J connectivity index is 2.30. The van der Waals surface area contributed by atoms with Crippen LogP contribution in [0.25, 0.3) is 0 Å². The molecule has 0 unspecified atom stereocenters. The molecule has 0 heterocycles. The van der Waals surface area contributed by atoms with Gasteiger partial charge >= 0.3 is 0 Å². The Kier molecular flexibility index (Phi) is 1.39. The van der Waals surface area contributed by atoms with E-state index in [1.54, 1.807) is 0 Å². The Hall–Kier alpha value is -0.300. The van der Waals surface area contributed by atoms with Crippen molar-refractivity contribution in [3.05, 3.63) is 12.7 Å². The molecule has 0 aromatic heterocycles. The van der Waals surface area contributed by atoms with E-state index in [1.165, 1.54) is 12.8 Å². The van der Waals surface area contributed by atoms with Gasteiger partial charge in [0.2, 0.25) is 0 Å². The minimum absolute atomic E-state index is 0.312. The molecule has 0 spiro atoms. The second kappa shape index (κ2) is 1.90. The van der Waals surface area contributed by atoms with Crippen LogP contribution in [-0.2, 0) is 0 Å². The first kappa shape index (κ1) is 5.83. The molecule has 0 aromatic carbocycles. The van der Waals surface area contributed by atoms with Crippen LogP contribution in [-0.4, -0.2) is 11.7 Å². The number of hydrogen-bond acceptors (Lipinski definition) is 1. The van der Waals surface area contributed by atoms with Crippen molar-refractivity contribution < 1.29 is 5.11 Å². The van der Waals surface area contributed by atoms with Crippen LogP contribution in [0.3, 0.4) is 0 Å². The maximum atomic E-state index is 8.53. The molecule has 0 radical (unpaired) electrons. The van der Waals surface area contributed by atoms with Gasteiger partial charge in [-0.05, 0) is 24.7 Å². The van der Waals surface area contributed by atoms with Gasteiger partial charge in [-0.2, -0.15) is 0 Å². The normalized spacial score (nSPS) is 22.6. The molecule has 0 amide bonds. The Morgan fingerprint density at radius 1 is 1.62 bits per heavy atom. The van der Waals surface area contributed by atoms with Crippen molar-refractivity contribution in [2.45, 2.75) is 19.3 Å². The molecule has 0 aliphatic heterocycles. The molecule has 0 bridgehead atoms. The van der Waals surface area contributed by atoms with Gasteiger partial charge in [0.15, 0.2) is 0 Å². The maximum absolute atomic E-state index is 8.53. The molecule has 46 valence electrons. The van der Waals surface area contributed by atoms with Crippen LogP contribution in [0.5, 0.6) is 0 Å². The standard InChI is InChI=1S/C7H12O/c1-2-7(3-4-7)5-6-8/h2,8H,1,3-6H2. The average molecular weight is 112 g/mol. The highest BCUT2D eigenvalue weighted by Crippen LogP contribution is 2.49. The molecule has 1 saturated carbocycles. The highest BCUT2D eigenvalue weighted by Gasteiger charge is 2.38. The number of rotatable bonds is 3. The molecule has 1 N–H and O–H groups in total. The first-order chi connectivity index (χ1) is 3.83. The third-order valence-electron chi connectivity index (χ3n) is 1.93. The molecule has 1 rings (SSSR count). The fraction of sp³-hybridized carbons (Fsp3) is 0.714. The summed E-state index contributed by atoms with van der Waals surface area (Å²) in [6.07, 6.45) is 5.36. The smallest absolute Gasteiger partial charge is 0.0439 e. The quantitative estimate of drug-likeness (QED) is 0.546. The van der Waals surface area contributed by atoms with E-state index in [1.807, 2.05) is 6.08 Å². The molecule has 1 aliphatic carbocycles. The lowest BCUT2D eigenvalue weighted by Gasteiger charge is -2.03. The van der Waals surface area contributed by atoms with Crippen LogP contribution in [0.15, 0.2) is 12.7 Å². The van der Waals surface area contributed by atoms with Crippen LogP contribution >= 0.6 is 0 Å². The maximum Gasteiger partial charge on any atom is 0.0439 e. The fourth-order valence-electron chi connectivity index (χ4n) is 0.939.